The van der Waals surface area contributed by atoms with Gasteiger partial charge in [-0.25, -0.2) is 0 Å². The Bertz CT molecular complexity index is 922. The zero-order chi connectivity index (χ0) is 20.7. The number of carbonyl (C=O) groups excluding carboxylic acids is 2. The minimum Gasteiger partial charge on any atom is -0.325 e. The summed E-state index contributed by atoms with van der Waals surface area (Å²) in [5, 5.41) is 2.45. The summed E-state index contributed by atoms with van der Waals surface area (Å²) in [6, 6.07) is 11.7. The van der Waals surface area contributed by atoms with Crippen LogP contribution in [-0.2, 0) is 22.2 Å². The monoisotopic (exact) mass is 390 g/mol. The summed E-state index contributed by atoms with van der Waals surface area (Å²) in [5.74, 6) is -1.05. The Balaban J connectivity index is 1.83. The van der Waals surface area contributed by atoms with Crippen molar-refractivity contribution in [3.8, 4) is 0 Å². The SMILES string of the molecule is CC1Cc2ccccc2N1C(=O)C(C)(C)C(=O)Nc1cccc(C(F)(F)F)c1. The highest BCUT2D eigenvalue weighted by atomic mass is 19.4. The van der Waals surface area contributed by atoms with Crippen molar-refractivity contribution < 1.29 is 22.8 Å². The van der Waals surface area contributed by atoms with Gasteiger partial charge in [-0.15, -0.1) is 0 Å². The third kappa shape index (κ3) is 3.61. The van der Waals surface area contributed by atoms with Gasteiger partial charge in [-0.2, -0.15) is 13.2 Å². The average Bonchev–Trinajstić information content (AvgIpc) is 2.96. The summed E-state index contributed by atoms with van der Waals surface area (Å²) < 4.78 is 38.6. The number of fused-ring (bicyclic) bond motifs is 1. The number of para-hydroxylation sites is 1. The molecule has 1 N–H and O–H groups in total. The number of nitrogens with zero attached hydrogens (tertiary/aromatic N) is 1. The van der Waals surface area contributed by atoms with E-state index in [0.29, 0.717) is 6.42 Å². The maximum Gasteiger partial charge on any atom is 0.416 e. The topological polar surface area (TPSA) is 49.4 Å². The Kier molecular flexibility index (Phi) is 4.95. The molecule has 0 radical (unpaired) electrons. The standard InChI is InChI=1S/C21H21F3N2O2/c1-13-11-14-7-4-5-10-17(14)26(13)19(28)20(2,3)18(27)25-16-9-6-8-15(12-16)21(22,23)24/h4-10,12-13H,11H2,1-3H3,(H,25,27). The van der Waals surface area contributed by atoms with Crippen LogP contribution in [0.5, 0.6) is 0 Å². The van der Waals surface area contributed by atoms with Gasteiger partial charge >= 0.3 is 6.18 Å². The summed E-state index contributed by atoms with van der Waals surface area (Å²) in [5.41, 5.74) is -0.538. The minimum absolute atomic E-state index is 0.00410. The first-order valence-corrected chi connectivity index (χ1v) is 8.92. The maximum atomic E-state index is 13.2. The first-order chi connectivity index (χ1) is 13.0. The zero-order valence-corrected chi connectivity index (χ0v) is 15.8. The van der Waals surface area contributed by atoms with Crippen LogP contribution < -0.4 is 10.2 Å². The molecule has 28 heavy (non-hydrogen) atoms. The van der Waals surface area contributed by atoms with Gasteiger partial charge in [-0.05, 0) is 57.0 Å². The van der Waals surface area contributed by atoms with Crippen molar-refractivity contribution in [2.45, 2.75) is 39.4 Å². The molecule has 0 bridgehead atoms. The van der Waals surface area contributed by atoms with Crippen molar-refractivity contribution >= 4 is 23.2 Å². The third-order valence-electron chi connectivity index (χ3n) is 4.98. The lowest BCUT2D eigenvalue weighted by molar-refractivity contribution is -0.138. The molecular formula is C21H21F3N2O2. The van der Waals surface area contributed by atoms with E-state index in [2.05, 4.69) is 5.32 Å². The van der Waals surface area contributed by atoms with Crippen molar-refractivity contribution in [3.63, 3.8) is 0 Å². The van der Waals surface area contributed by atoms with E-state index in [0.717, 1.165) is 23.4 Å². The number of anilines is 2. The number of hydrogen-bond donors (Lipinski definition) is 1. The fraction of sp³-hybridized carbons (Fsp3) is 0.333. The molecule has 0 saturated carbocycles. The Morgan fingerprint density at radius 2 is 1.75 bits per heavy atom. The number of amides is 2. The van der Waals surface area contributed by atoms with Gasteiger partial charge in [0.1, 0.15) is 5.41 Å². The number of hydrogen-bond acceptors (Lipinski definition) is 2. The van der Waals surface area contributed by atoms with E-state index in [-0.39, 0.29) is 11.7 Å². The molecule has 0 fully saturated rings. The smallest absolute Gasteiger partial charge is 0.325 e. The summed E-state index contributed by atoms with van der Waals surface area (Å²) >= 11 is 0. The van der Waals surface area contributed by atoms with Gasteiger partial charge in [-0.1, -0.05) is 24.3 Å². The maximum absolute atomic E-state index is 13.2. The van der Waals surface area contributed by atoms with E-state index in [1.807, 2.05) is 31.2 Å². The summed E-state index contributed by atoms with van der Waals surface area (Å²) in [7, 11) is 0. The fourth-order valence-electron chi connectivity index (χ4n) is 3.33. The highest BCUT2D eigenvalue weighted by Crippen LogP contribution is 2.36. The second-order valence-electron chi connectivity index (χ2n) is 7.51. The number of halogens is 3. The lowest BCUT2D eigenvalue weighted by Crippen LogP contribution is -2.49. The Hall–Kier alpha value is -2.83. The van der Waals surface area contributed by atoms with E-state index < -0.39 is 29.0 Å². The van der Waals surface area contributed by atoms with Gasteiger partial charge < -0.3 is 10.2 Å². The predicted octanol–water partition coefficient (Wildman–Crippen LogP) is 4.65. The van der Waals surface area contributed by atoms with Gasteiger partial charge in [0.15, 0.2) is 0 Å². The average molecular weight is 390 g/mol. The van der Waals surface area contributed by atoms with Gasteiger partial charge in [0.2, 0.25) is 11.8 Å². The highest BCUT2D eigenvalue weighted by molar-refractivity contribution is 6.15. The van der Waals surface area contributed by atoms with Crippen LogP contribution in [0.3, 0.4) is 0 Å². The number of alkyl halides is 3. The molecular weight excluding hydrogens is 369 g/mol. The predicted molar refractivity (Wildman–Crippen MR) is 101 cm³/mol. The molecule has 1 unspecified atom stereocenters. The number of nitrogens with one attached hydrogen (secondary N) is 1. The molecule has 2 amide bonds. The van der Waals surface area contributed by atoms with E-state index in [1.165, 1.54) is 26.0 Å². The Labute approximate surface area is 161 Å². The molecule has 2 aromatic carbocycles. The van der Waals surface area contributed by atoms with Crippen molar-refractivity contribution in [2.24, 2.45) is 5.41 Å². The molecule has 1 atom stereocenters. The van der Waals surface area contributed by atoms with Gasteiger partial charge in [0.25, 0.3) is 0 Å². The van der Waals surface area contributed by atoms with Crippen LogP contribution in [0, 0.1) is 5.41 Å². The van der Waals surface area contributed by atoms with Crippen molar-refractivity contribution in [3.05, 3.63) is 59.7 Å². The van der Waals surface area contributed by atoms with Crippen LogP contribution in [0.15, 0.2) is 48.5 Å². The van der Waals surface area contributed by atoms with Gasteiger partial charge in [0, 0.05) is 17.4 Å². The lowest BCUT2D eigenvalue weighted by Gasteiger charge is -2.31. The molecule has 3 rings (SSSR count). The summed E-state index contributed by atoms with van der Waals surface area (Å²) in [6.07, 6.45) is -3.83. The molecule has 0 spiro atoms. The van der Waals surface area contributed by atoms with Crippen molar-refractivity contribution in [2.75, 3.05) is 10.2 Å². The summed E-state index contributed by atoms with van der Waals surface area (Å²) in [6.45, 7) is 4.86. The fourth-order valence-corrected chi connectivity index (χ4v) is 3.33. The first kappa shape index (κ1) is 19.9. The molecule has 4 nitrogen and oxygen atoms in total. The first-order valence-electron chi connectivity index (χ1n) is 8.92. The summed E-state index contributed by atoms with van der Waals surface area (Å²) in [4.78, 5) is 27.6. The quantitative estimate of drug-likeness (QED) is 0.776. The highest BCUT2D eigenvalue weighted by Gasteiger charge is 2.43. The Morgan fingerprint density at radius 1 is 1.07 bits per heavy atom. The van der Waals surface area contributed by atoms with E-state index in [1.54, 1.807) is 4.90 Å². The molecule has 1 aliphatic heterocycles. The van der Waals surface area contributed by atoms with Crippen LogP contribution in [-0.4, -0.2) is 17.9 Å². The van der Waals surface area contributed by atoms with E-state index in [4.69, 9.17) is 0 Å². The van der Waals surface area contributed by atoms with Crippen molar-refractivity contribution in [1.82, 2.24) is 0 Å². The van der Waals surface area contributed by atoms with Gasteiger partial charge in [-0.3, -0.25) is 9.59 Å². The van der Waals surface area contributed by atoms with Crippen LogP contribution >= 0.6 is 0 Å². The van der Waals surface area contributed by atoms with Gasteiger partial charge in [0.05, 0.1) is 5.56 Å². The second kappa shape index (κ2) is 6.96. The van der Waals surface area contributed by atoms with Crippen LogP contribution in [0.2, 0.25) is 0 Å². The Morgan fingerprint density at radius 3 is 2.43 bits per heavy atom. The third-order valence-corrected chi connectivity index (χ3v) is 4.98. The zero-order valence-electron chi connectivity index (χ0n) is 15.8. The number of benzene rings is 2. The normalized spacial score (nSPS) is 16.6. The second-order valence-corrected chi connectivity index (χ2v) is 7.51. The number of rotatable bonds is 3. The molecule has 1 aliphatic rings. The molecule has 1 heterocycles. The molecule has 0 saturated heterocycles. The van der Waals surface area contributed by atoms with E-state index >= 15 is 0 Å². The molecule has 0 aliphatic carbocycles. The molecule has 148 valence electrons. The molecule has 7 heteroatoms. The van der Waals surface area contributed by atoms with Crippen LogP contribution in [0.1, 0.15) is 31.9 Å². The number of carbonyl (C=O) groups is 2. The van der Waals surface area contributed by atoms with E-state index in [9.17, 15) is 22.8 Å². The lowest BCUT2D eigenvalue weighted by atomic mass is 9.89. The molecule has 0 aromatic heterocycles. The van der Waals surface area contributed by atoms with Crippen LogP contribution in [0.4, 0.5) is 24.5 Å². The van der Waals surface area contributed by atoms with Crippen molar-refractivity contribution in [1.29, 1.82) is 0 Å². The molecule has 2 aromatic rings. The minimum atomic E-state index is -4.51. The largest absolute Gasteiger partial charge is 0.416 e. The van der Waals surface area contributed by atoms with Crippen LogP contribution in [0.25, 0.3) is 0 Å².